The zero-order valence-corrected chi connectivity index (χ0v) is 15.6. The van der Waals surface area contributed by atoms with Gasteiger partial charge in [0.15, 0.2) is 0 Å². The number of carbonyl (C=O) groups excluding carboxylic acids is 1. The number of para-hydroxylation sites is 1. The molecule has 8 nitrogen and oxygen atoms in total. The van der Waals surface area contributed by atoms with Gasteiger partial charge in [-0.1, -0.05) is 41.6 Å². The maximum Gasteiger partial charge on any atom is 0.282 e. The third-order valence-electron chi connectivity index (χ3n) is 3.54. The molecule has 1 amide bonds. The summed E-state index contributed by atoms with van der Waals surface area (Å²) in [5.74, 6) is -0.212. The van der Waals surface area contributed by atoms with Crippen LogP contribution in [0.25, 0.3) is 11.5 Å². The van der Waals surface area contributed by atoms with Crippen LogP contribution in [0.3, 0.4) is 0 Å². The Morgan fingerprint density at radius 1 is 1.30 bits per heavy atom. The van der Waals surface area contributed by atoms with Crippen LogP contribution in [0.2, 0.25) is 5.02 Å². The van der Waals surface area contributed by atoms with E-state index >= 15 is 0 Å². The number of carbonyl (C=O) groups is 1. The Kier molecular flexibility index (Phi) is 5.72. The average Bonchev–Trinajstić information content (AvgIpc) is 3.12. The number of aryl methyl sites for hydroxylation is 1. The van der Waals surface area contributed by atoms with E-state index in [0.29, 0.717) is 10.7 Å². The van der Waals surface area contributed by atoms with Gasteiger partial charge in [0.2, 0.25) is 5.91 Å². The number of hydrogen-bond acceptors (Lipinski definition) is 7. The van der Waals surface area contributed by atoms with Crippen LogP contribution in [0.4, 0.5) is 11.4 Å². The summed E-state index contributed by atoms with van der Waals surface area (Å²) in [7, 11) is 0. The molecule has 138 valence electrons. The lowest BCUT2D eigenvalue weighted by Crippen LogP contribution is -2.14. The van der Waals surface area contributed by atoms with Gasteiger partial charge in [-0.15, -0.1) is 10.2 Å². The molecule has 1 aromatic heterocycles. The van der Waals surface area contributed by atoms with Crippen LogP contribution in [0.5, 0.6) is 0 Å². The second-order valence-electron chi connectivity index (χ2n) is 5.44. The largest absolute Gasteiger partial charge is 0.411 e. The molecule has 0 spiro atoms. The first-order chi connectivity index (χ1) is 12.9. The van der Waals surface area contributed by atoms with Gasteiger partial charge in [-0.3, -0.25) is 14.9 Å². The van der Waals surface area contributed by atoms with Crippen molar-refractivity contribution in [2.75, 3.05) is 11.1 Å². The number of nitrogens with one attached hydrogen (secondary N) is 1. The molecule has 0 aliphatic heterocycles. The molecule has 0 aliphatic carbocycles. The number of rotatable bonds is 6. The molecule has 0 saturated carbocycles. The van der Waals surface area contributed by atoms with Crippen molar-refractivity contribution in [3.8, 4) is 11.5 Å². The molecule has 0 radical (unpaired) electrons. The molecule has 0 fully saturated rings. The van der Waals surface area contributed by atoms with E-state index in [1.807, 2.05) is 13.0 Å². The number of anilines is 1. The molecule has 3 aromatic rings. The summed E-state index contributed by atoms with van der Waals surface area (Å²) in [5.41, 5.74) is 1.60. The van der Waals surface area contributed by atoms with Crippen molar-refractivity contribution < 1.29 is 14.1 Å². The Labute approximate surface area is 163 Å². The van der Waals surface area contributed by atoms with E-state index in [4.69, 9.17) is 16.0 Å². The molecular weight excluding hydrogens is 392 g/mol. The van der Waals surface area contributed by atoms with E-state index in [-0.39, 0.29) is 34.0 Å². The van der Waals surface area contributed by atoms with Gasteiger partial charge in [0, 0.05) is 16.8 Å². The van der Waals surface area contributed by atoms with Crippen LogP contribution in [0.15, 0.2) is 52.1 Å². The molecule has 0 unspecified atom stereocenters. The number of nitro benzene ring substituents is 1. The fraction of sp³-hybridized carbons (Fsp3) is 0.118. The lowest BCUT2D eigenvalue weighted by atomic mass is 10.2. The number of benzene rings is 2. The monoisotopic (exact) mass is 404 g/mol. The topological polar surface area (TPSA) is 111 Å². The fourth-order valence-electron chi connectivity index (χ4n) is 2.23. The zero-order valence-electron chi connectivity index (χ0n) is 14.0. The highest BCUT2D eigenvalue weighted by Crippen LogP contribution is 2.30. The molecule has 10 heteroatoms. The minimum Gasteiger partial charge on any atom is -0.411 e. The Hall–Kier alpha value is -2.91. The van der Waals surface area contributed by atoms with Gasteiger partial charge < -0.3 is 9.73 Å². The number of nitrogens with zero attached hydrogens (tertiary/aromatic N) is 3. The van der Waals surface area contributed by atoms with Crippen LogP contribution in [-0.2, 0) is 4.79 Å². The number of thioether (sulfide) groups is 1. The average molecular weight is 405 g/mol. The van der Waals surface area contributed by atoms with Gasteiger partial charge in [-0.25, -0.2) is 0 Å². The van der Waals surface area contributed by atoms with Crippen LogP contribution in [-0.4, -0.2) is 26.8 Å². The SMILES string of the molecule is Cc1ccc(Cl)cc1NC(=O)CSc1nnc(-c2ccccc2[N+](=O)[O-])o1. The normalized spacial score (nSPS) is 10.6. The van der Waals surface area contributed by atoms with Crippen molar-refractivity contribution in [3.05, 3.63) is 63.2 Å². The molecule has 3 rings (SSSR count). The molecule has 2 aromatic carbocycles. The molecule has 0 bridgehead atoms. The Morgan fingerprint density at radius 3 is 2.85 bits per heavy atom. The van der Waals surface area contributed by atoms with Crippen molar-refractivity contribution in [2.24, 2.45) is 0 Å². The predicted octanol–water partition coefficient (Wildman–Crippen LogP) is 4.34. The number of hydrogen-bond donors (Lipinski definition) is 1. The minimum atomic E-state index is -0.521. The van der Waals surface area contributed by atoms with Crippen molar-refractivity contribution in [1.29, 1.82) is 0 Å². The Bertz CT molecular complexity index is 1010. The van der Waals surface area contributed by atoms with Gasteiger partial charge in [0.1, 0.15) is 5.56 Å². The molecule has 1 heterocycles. The highest BCUT2D eigenvalue weighted by molar-refractivity contribution is 7.99. The fourth-order valence-corrected chi connectivity index (χ4v) is 2.97. The molecule has 0 atom stereocenters. The van der Waals surface area contributed by atoms with E-state index in [0.717, 1.165) is 17.3 Å². The third kappa shape index (κ3) is 4.63. The first-order valence-electron chi connectivity index (χ1n) is 7.70. The lowest BCUT2D eigenvalue weighted by molar-refractivity contribution is -0.384. The summed E-state index contributed by atoms with van der Waals surface area (Å²) in [6.45, 7) is 1.86. The molecular formula is C17H13ClN4O4S. The second kappa shape index (κ2) is 8.19. The van der Waals surface area contributed by atoms with Gasteiger partial charge in [-0.2, -0.15) is 0 Å². The van der Waals surface area contributed by atoms with Crippen molar-refractivity contribution in [1.82, 2.24) is 10.2 Å². The summed E-state index contributed by atoms with van der Waals surface area (Å²) in [6, 6.07) is 11.3. The first kappa shape index (κ1) is 18.9. The third-order valence-corrected chi connectivity index (χ3v) is 4.59. The smallest absolute Gasteiger partial charge is 0.282 e. The lowest BCUT2D eigenvalue weighted by Gasteiger charge is -2.07. The quantitative estimate of drug-likeness (QED) is 0.369. The van der Waals surface area contributed by atoms with Gasteiger partial charge in [-0.05, 0) is 30.7 Å². The molecule has 0 aliphatic rings. The summed E-state index contributed by atoms with van der Waals surface area (Å²) in [4.78, 5) is 22.7. The summed E-state index contributed by atoms with van der Waals surface area (Å²) in [6.07, 6.45) is 0. The maximum atomic E-state index is 12.1. The highest BCUT2D eigenvalue weighted by atomic mass is 35.5. The highest BCUT2D eigenvalue weighted by Gasteiger charge is 2.20. The first-order valence-corrected chi connectivity index (χ1v) is 9.06. The summed E-state index contributed by atoms with van der Waals surface area (Å²) < 4.78 is 5.44. The number of amides is 1. The van der Waals surface area contributed by atoms with E-state index in [9.17, 15) is 14.9 Å². The Morgan fingerprint density at radius 2 is 2.07 bits per heavy atom. The predicted molar refractivity (Wildman–Crippen MR) is 102 cm³/mol. The van der Waals surface area contributed by atoms with E-state index in [1.54, 1.807) is 24.3 Å². The molecule has 27 heavy (non-hydrogen) atoms. The van der Waals surface area contributed by atoms with Gasteiger partial charge in [0.05, 0.1) is 10.7 Å². The number of halogens is 1. The number of nitro groups is 1. The van der Waals surface area contributed by atoms with Crippen molar-refractivity contribution in [2.45, 2.75) is 12.1 Å². The van der Waals surface area contributed by atoms with Crippen LogP contribution in [0.1, 0.15) is 5.56 Å². The van der Waals surface area contributed by atoms with Gasteiger partial charge in [0.25, 0.3) is 16.8 Å². The van der Waals surface area contributed by atoms with Crippen molar-refractivity contribution >= 4 is 40.6 Å². The van der Waals surface area contributed by atoms with E-state index < -0.39 is 4.92 Å². The van der Waals surface area contributed by atoms with E-state index in [1.165, 1.54) is 12.1 Å². The summed E-state index contributed by atoms with van der Waals surface area (Å²) >= 11 is 6.96. The van der Waals surface area contributed by atoms with Gasteiger partial charge >= 0.3 is 0 Å². The van der Waals surface area contributed by atoms with E-state index in [2.05, 4.69) is 15.5 Å². The molecule has 1 N–H and O–H groups in total. The van der Waals surface area contributed by atoms with Crippen LogP contribution in [0, 0.1) is 17.0 Å². The van der Waals surface area contributed by atoms with Crippen LogP contribution >= 0.6 is 23.4 Å². The Balaban J connectivity index is 1.66. The maximum absolute atomic E-state index is 12.1. The number of aromatic nitrogens is 2. The summed E-state index contributed by atoms with van der Waals surface area (Å²) in [5, 5.41) is 22.2. The minimum absolute atomic E-state index is 0.0240. The molecule has 0 saturated heterocycles. The second-order valence-corrected chi connectivity index (χ2v) is 6.81. The van der Waals surface area contributed by atoms with Crippen molar-refractivity contribution in [3.63, 3.8) is 0 Å². The standard InChI is InChI=1S/C17H13ClN4O4S/c1-10-6-7-11(18)8-13(10)19-15(23)9-27-17-21-20-16(26-17)12-4-2-3-5-14(12)22(24)25/h2-8H,9H2,1H3,(H,19,23). The van der Waals surface area contributed by atoms with Crippen LogP contribution < -0.4 is 5.32 Å². The zero-order chi connectivity index (χ0) is 19.4.